The molecule has 0 aliphatic carbocycles. The molecule has 1 aromatic heterocycles. The molecule has 2 aromatic carbocycles. The van der Waals surface area contributed by atoms with Crippen LogP contribution in [-0.4, -0.2) is 27.3 Å². The summed E-state index contributed by atoms with van der Waals surface area (Å²) in [6, 6.07) is 16.7. The molecule has 0 fully saturated rings. The zero-order valence-electron chi connectivity index (χ0n) is 14.8. The Morgan fingerprint density at radius 1 is 1.15 bits per heavy atom. The highest BCUT2D eigenvalue weighted by Crippen LogP contribution is 2.25. The van der Waals surface area contributed by atoms with Crippen LogP contribution in [0.15, 0.2) is 64.5 Å². The maximum absolute atomic E-state index is 13.1. The third-order valence-electron chi connectivity index (χ3n) is 3.96. The Morgan fingerprint density at radius 3 is 2.58 bits per heavy atom. The van der Waals surface area contributed by atoms with Crippen molar-refractivity contribution < 1.29 is 4.79 Å². The molecule has 134 valence electrons. The van der Waals surface area contributed by atoms with E-state index in [1.165, 1.54) is 11.8 Å². The number of fused-ring (bicyclic) bond motifs is 1. The molecule has 1 atom stereocenters. The number of hydrogen-bond acceptors (Lipinski definition) is 4. The Kier molecular flexibility index (Phi) is 5.73. The Morgan fingerprint density at radius 2 is 1.85 bits per heavy atom. The molecule has 3 aromatic rings. The van der Waals surface area contributed by atoms with Gasteiger partial charge in [0, 0.05) is 6.54 Å². The first kappa shape index (κ1) is 18.2. The van der Waals surface area contributed by atoms with E-state index in [-0.39, 0.29) is 16.7 Å². The molecule has 3 rings (SSSR count). The summed E-state index contributed by atoms with van der Waals surface area (Å²) in [5.41, 5.74) is 1.23. The highest BCUT2D eigenvalue weighted by molar-refractivity contribution is 8.00. The maximum atomic E-state index is 13.1. The summed E-state index contributed by atoms with van der Waals surface area (Å²) in [4.78, 5) is 30.0. The number of para-hydroxylation sites is 2. The number of nitrogens with zero attached hydrogens (tertiary/aromatic N) is 2. The molecule has 0 radical (unpaired) electrons. The second-order valence-electron chi connectivity index (χ2n) is 5.94. The van der Waals surface area contributed by atoms with Gasteiger partial charge < -0.3 is 5.32 Å². The molecule has 5 nitrogen and oxygen atoms in total. The lowest BCUT2D eigenvalue weighted by Gasteiger charge is -2.16. The van der Waals surface area contributed by atoms with Crippen LogP contribution in [0, 0.1) is 0 Å². The number of carbonyl (C=O) groups excluding carboxylic acids is 1. The van der Waals surface area contributed by atoms with Crippen LogP contribution < -0.4 is 10.9 Å². The Hall–Kier alpha value is -2.60. The normalized spacial score (nSPS) is 12.1. The zero-order chi connectivity index (χ0) is 18.5. The summed E-state index contributed by atoms with van der Waals surface area (Å²) in [5, 5.41) is 3.60. The van der Waals surface area contributed by atoms with Crippen LogP contribution in [0.25, 0.3) is 16.6 Å². The quantitative estimate of drug-likeness (QED) is 0.536. The van der Waals surface area contributed by atoms with Crippen LogP contribution in [0.1, 0.15) is 20.3 Å². The Balaban J connectivity index is 2.08. The lowest BCUT2D eigenvalue weighted by atomic mass is 10.2. The topological polar surface area (TPSA) is 64.0 Å². The minimum atomic E-state index is -0.357. The number of nitrogens with one attached hydrogen (secondary N) is 1. The molecule has 0 bridgehead atoms. The largest absolute Gasteiger partial charge is 0.355 e. The molecule has 0 spiro atoms. The van der Waals surface area contributed by atoms with Crippen molar-refractivity contribution in [2.75, 3.05) is 6.54 Å². The first-order valence-electron chi connectivity index (χ1n) is 8.63. The van der Waals surface area contributed by atoms with Crippen LogP contribution in [0.4, 0.5) is 0 Å². The van der Waals surface area contributed by atoms with Gasteiger partial charge in [-0.15, -0.1) is 0 Å². The molecule has 1 N–H and O–H groups in total. The lowest BCUT2D eigenvalue weighted by molar-refractivity contribution is -0.120. The first-order chi connectivity index (χ1) is 12.6. The molecule has 0 aliphatic rings. The number of amides is 1. The lowest BCUT2D eigenvalue weighted by Crippen LogP contribution is -2.32. The fraction of sp³-hybridized carbons (Fsp3) is 0.250. The summed E-state index contributed by atoms with van der Waals surface area (Å²) in [7, 11) is 0. The molecule has 1 unspecified atom stereocenters. The van der Waals surface area contributed by atoms with Gasteiger partial charge in [0.2, 0.25) is 5.91 Å². The minimum Gasteiger partial charge on any atom is -0.355 e. The molecule has 1 heterocycles. The van der Waals surface area contributed by atoms with Crippen LogP contribution in [0.2, 0.25) is 0 Å². The van der Waals surface area contributed by atoms with E-state index in [0.29, 0.717) is 22.6 Å². The number of hydrogen-bond donors (Lipinski definition) is 1. The van der Waals surface area contributed by atoms with Crippen molar-refractivity contribution in [3.8, 4) is 5.69 Å². The van der Waals surface area contributed by atoms with Gasteiger partial charge in [0.05, 0.1) is 21.8 Å². The highest BCUT2D eigenvalue weighted by Gasteiger charge is 2.19. The molecular weight excluding hydrogens is 346 g/mol. The summed E-state index contributed by atoms with van der Waals surface area (Å²) in [5.74, 6) is -0.0566. The van der Waals surface area contributed by atoms with Gasteiger partial charge in [0.25, 0.3) is 5.56 Å². The van der Waals surface area contributed by atoms with Gasteiger partial charge in [0.15, 0.2) is 5.16 Å². The van der Waals surface area contributed by atoms with E-state index in [1.54, 1.807) is 10.6 Å². The molecule has 26 heavy (non-hydrogen) atoms. The maximum Gasteiger partial charge on any atom is 0.266 e. The standard InChI is InChI=1S/C20H21N3O2S/c1-3-13-21-18(24)14(2)26-20-22-17-12-8-7-11-16(17)19(25)23(20)15-9-5-4-6-10-15/h4-12,14H,3,13H2,1-2H3,(H,21,24). The Bertz CT molecular complexity index is 970. The smallest absolute Gasteiger partial charge is 0.266 e. The van der Waals surface area contributed by atoms with Crippen molar-refractivity contribution in [3.63, 3.8) is 0 Å². The van der Waals surface area contributed by atoms with Gasteiger partial charge in [-0.2, -0.15) is 0 Å². The van der Waals surface area contributed by atoms with Gasteiger partial charge in [-0.05, 0) is 37.6 Å². The molecule has 1 amide bonds. The number of thioether (sulfide) groups is 1. The number of aromatic nitrogens is 2. The molecule has 6 heteroatoms. The predicted octanol–water partition coefficient (Wildman–Crippen LogP) is 3.39. The second-order valence-corrected chi connectivity index (χ2v) is 7.25. The predicted molar refractivity (Wildman–Crippen MR) is 106 cm³/mol. The molecule has 0 saturated carbocycles. The van der Waals surface area contributed by atoms with E-state index in [1.807, 2.05) is 62.4 Å². The Labute approximate surface area is 156 Å². The van der Waals surface area contributed by atoms with Crippen LogP contribution in [-0.2, 0) is 4.79 Å². The number of carbonyl (C=O) groups is 1. The third kappa shape index (κ3) is 3.80. The summed E-state index contributed by atoms with van der Waals surface area (Å²) < 4.78 is 1.58. The van der Waals surface area contributed by atoms with Gasteiger partial charge >= 0.3 is 0 Å². The van der Waals surface area contributed by atoms with Gasteiger partial charge in [-0.25, -0.2) is 4.98 Å². The summed E-state index contributed by atoms with van der Waals surface area (Å²) >= 11 is 1.29. The number of benzene rings is 2. The van der Waals surface area contributed by atoms with Crippen LogP contribution >= 0.6 is 11.8 Å². The van der Waals surface area contributed by atoms with Gasteiger partial charge in [0.1, 0.15) is 0 Å². The van der Waals surface area contributed by atoms with E-state index >= 15 is 0 Å². The fourth-order valence-corrected chi connectivity index (χ4v) is 3.55. The van der Waals surface area contributed by atoms with Crippen molar-refractivity contribution in [3.05, 3.63) is 65.0 Å². The van der Waals surface area contributed by atoms with E-state index in [9.17, 15) is 9.59 Å². The van der Waals surface area contributed by atoms with Crippen molar-refractivity contribution >= 4 is 28.6 Å². The average molecular weight is 367 g/mol. The van der Waals surface area contributed by atoms with E-state index < -0.39 is 0 Å². The molecular formula is C20H21N3O2S. The van der Waals surface area contributed by atoms with E-state index in [4.69, 9.17) is 0 Å². The average Bonchev–Trinajstić information content (AvgIpc) is 2.67. The molecule has 0 saturated heterocycles. The fourth-order valence-electron chi connectivity index (χ4n) is 2.60. The highest BCUT2D eigenvalue weighted by atomic mass is 32.2. The van der Waals surface area contributed by atoms with Crippen molar-refractivity contribution in [1.82, 2.24) is 14.9 Å². The second kappa shape index (κ2) is 8.19. The van der Waals surface area contributed by atoms with Gasteiger partial charge in [-0.3, -0.25) is 14.2 Å². The first-order valence-corrected chi connectivity index (χ1v) is 9.51. The van der Waals surface area contributed by atoms with Crippen molar-refractivity contribution in [1.29, 1.82) is 0 Å². The van der Waals surface area contributed by atoms with Crippen molar-refractivity contribution in [2.45, 2.75) is 30.7 Å². The van der Waals surface area contributed by atoms with Crippen LogP contribution in [0.3, 0.4) is 0 Å². The zero-order valence-corrected chi connectivity index (χ0v) is 15.6. The van der Waals surface area contributed by atoms with E-state index in [2.05, 4.69) is 10.3 Å². The van der Waals surface area contributed by atoms with E-state index in [0.717, 1.165) is 12.1 Å². The van der Waals surface area contributed by atoms with Crippen molar-refractivity contribution in [2.24, 2.45) is 0 Å². The number of rotatable bonds is 6. The third-order valence-corrected chi connectivity index (χ3v) is 5.01. The summed E-state index contributed by atoms with van der Waals surface area (Å²) in [6.07, 6.45) is 0.881. The monoisotopic (exact) mass is 367 g/mol. The minimum absolute atomic E-state index is 0.0566. The molecule has 0 aliphatic heterocycles. The summed E-state index contributed by atoms with van der Waals surface area (Å²) in [6.45, 7) is 4.47. The SMILES string of the molecule is CCCNC(=O)C(C)Sc1nc2ccccc2c(=O)n1-c1ccccc1. The van der Waals surface area contributed by atoms with Crippen LogP contribution in [0.5, 0.6) is 0 Å². The van der Waals surface area contributed by atoms with Gasteiger partial charge in [-0.1, -0.05) is 49.0 Å².